The van der Waals surface area contributed by atoms with Gasteiger partial charge in [0, 0.05) is 48.3 Å². The van der Waals surface area contributed by atoms with Crippen LogP contribution in [-0.4, -0.2) is 61.2 Å². The van der Waals surface area contributed by atoms with Crippen molar-refractivity contribution >= 4 is 39.8 Å². The highest BCUT2D eigenvalue weighted by Crippen LogP contribution is 2.37. The molecule has 4 heterocycles. The molecule has 234 valence electrons. The first-order valence-corrected chi connectivity index (χ1v) is 15.2. The minimum Gasteiger partial charge on any atom is -0.497 e. The van der Waals surface area contributed by atoms with Gasteiger partial charge in [-0.25, -0.2) is 4.98 Å². The van der Waals surface area contributed by atoms with E-state index in [1.165, 1.54) is 12.4 Å². The van der Waals surface area contributed by atoms with Crippen molar-refractivity contribution in [3.05, 3.63) is 89.3 Å². The molecule has 0 bridgehead atoms. The van der Waals surface area contributed by atoms with E-state index < -0.39 is 0 Å². The van der Waals surface area contributed by atoms with Crippen LogP contribution in [0.3, 0.4) is 0 Å². The van der Waals surface area contributed by atoms with Crippen LogP contribution in [0.1, 0.15) is 40.7 Å². The Hall–Kier alpha value is -5.31. The number of amides is 1. The third-order valence-electron chi connectivity index (χ3n) is 7.97. The fraction of sp³-hybridized carbons (Fsp3) is 0.286. The number of nitriles is 1. The minimum absolute atomic E-state index is 0.0728. The molecular weight excluding hydrogens is 584 g/mol. The number of anilines is 3. The molecule has 11 heteroatoms. The normalized spacial score (nSPS) is 16.0. The maximum Gasteiger partial charge on any atom is 0.248 e. The van der Waals surface area contributed by atoms with Crippen LogP contribution in [-0.2, 0) is 16.0 Å². The summed E-state index contributed by atoms with van der Waals surface area (Å²) in [7, 11) is 1.60. The monoisotopic (exact) mass is 618 g/mol. The van der Waals surface area contributed by atoms with E-state index >= 15 is 0 Å². The molecule has 46 heavy (non-hydrogen) atoms. The van der Waals surface area contributed by atoms with Crippen molar-refractivity contribution in [2.24, 2.45) is 0 Å². The first-order valence-electron chi connectivity index (χ1n) is 15.2. The van der Waals surface area contributed by atoms with Crippen LogP contribution < -0.4 is 25.4 Å². The quantitative estimate of drug-likeness (QED) is 0.162. The molecule has 2 saturated heterocycles. The standard InChI is InChI=1S/C35H34N6O5/c1-44-26-5-2-22(3-6-26)14-31(42)24-4-7-33(39-19-24)41-35-25(18-36)20-38-29-17-32(46-27-10-13-45-21-27)30(16-28(29)35)40-34(43)15-23-8-11-37-12-9-23/h2-7,15-17,19-20,27,37H,8-14,21H2,1H3,(H,40,43)(H,38,39,41). The summed E-state index contributed by atoms with van der Waals surface area (Å²) in [5, 5.41) is 20.1. The van der Waals surface area contributed by atoms with Crippen LogP contribution >= 0.6 is 0 Å². The van der Waals surface area contributed by atoms with Crippen molar-refractivity contribution in [3.8, 4) is 17.6 Å². The van der Waals surface area contributed by atoms with Gasteiger partial charge in [-0.05, 0) is 61.8 Å². The molecule has 3 N–H and O–H groups in total. The fourth-order valence-electron chi connectivity index (χ4n) is 5.46. The number of ketones is 1. The van der Waals surface area contributed by atoms with Crippen LogP contribution in [0.5, 0.6) is 11.5 Å². The van der Waals surface area contributed by atoms with Crippen LogP contribution in [0, 0.1) is 11.3 Å². The van der Waals surface area contributed by atoms with Gasteiger partial charge in [0.15, 0.2) is 5.78 Å². The topological polar surface area (TPSA) is 147 Å². The number of methoxy groups -OCH3 is 1. The number of nitrogens with zero attached hydrogens (tertiary/aromatic N) is 3. The zero-order chi connectivity index (χ0) is 31.9. The van der Waals surface area contributed by atoms with E-state index in [2.05, 4.69) is 32.0 Å². The molecule has 0 aliphatic carbocycles. The van der Waals surface area contributed by atoms with E-state index in [-0.39, 0.29) is 24.2 Å². The van der Waals surface area contributed by atoms with E-state index in [1.807, 2.05) is 24.3 Å². The number of nitrogens with one attached hydrogen (secondary N) is 3. The predicted octanol–water partition coefficient (Wildman–Crippen LogP) is 5.10. The molecule has 2 aliphatic rings. The van der Waals surface area contributed by atoms with Crippen molar-refractivity contribution in [2.75, 3.05) is 44.0 Å². The Kier molecular flexibility index (Phi) is 9.48. The van der Waals surface area contributed by atoms with Gasteiger partial charge < -0.3 is 30.2 Å². The Morgan fingerprint density at radius 3 is 2.63 bits per heavy atom. The van der Waals surface area contributed by atoms with E-state index in [0.717, 1.165) is 49.2 Å². The summed E-state index contributed by atoms with van der Waals surface area (Å²) < 4.78 is 16.9. The minimum atomic E-state index is -0.251. The van der Waals surface area contributed by atoms with Gasteiger partial charge in [-0.2, -0.15) is 5.26 Å². The number of hydrogen-bond donors (Lipinski definition) is 3. The number of carbonyl (C=O) groups excluding carboxylic acids is 2. The second-order valence-electron chi connectivity index (χ2n) is 11.2. The molecule has 0 saturated carbocycles. The molecule has 11 nitrogen and oxygen atoms in total. The second kappa shape index (κ2) is 14.2. The molecule has 2 aromatic carbocycles. The van der Waals surface area contributed by atoms with Gasteiger partial charge in [-0.3, -0.25) is 14.6 Å². The number of aromatic nitrogens is 2. The molecular formula is C35H34N6O5. The lowest BCUT2D eigenvalue weighted by molar-refractivity contribution is -0.112. The SMILES string of the molecule is COc1ccc(CC(=O)c2ccc(Nc3c(C#N)cnc4cc(OC5CCOC5)c(NC(=O)C=C5CCNCC5)cc34)nc2)cc1. The first-order chi connectivity index (χ1) is 22.5. The Balaban J connectivity index is 1.28. The third-order valence-corrected chi connectivity index (χ3v) is 7.97. The number of piperidine rings is 1. The van der Waals surface area contributed by atoms with Crippen molar-refractivity contribution in [1.29, 1.82) is 5.26 Å². The molecule has 2 aliphatic heterocycles. The second-order valence-corrected chi connectivity index (χ2v) is 11.2. The van der Waals surface area contributed by atoms with Crippen LogP contribution in [0.4, 0.5) is 17.2 Å². The number of rotatable bonds is 10. The average Bonchev–Trinajstić information content (AvgIpc) is 3.59. The van der Waals surface area contributed by atoms with Crippen molar-refractivity contribution in [3.63, 3.8) is 0 Å². The predicted molar refractivity (Wildman–Crippen MR) is 174 cm³/mol. The van der Waals surface area contributed by atoms with E-state index in [9.17, 15) is 14.9 Å². The zero-order valence-corrected chi connectivity index (χ0v) is 25.5. The zero-order valence-electron chi connectivity index (χ0n) is 25.5. The van der Waals surface area contributed by atoms with E-state index in [0.29, 0.717) is 58.2 Å². The van der Waals surface area contributed by atoms with Gasteiger partial charge in [-0.1, -0.05) is 17.7 Å². The van der Waals surface area contributed by atoms with Gasteiger partial charge in [0.25, 0.3) is 0 Å². The Bertz CT molecular complexity index is 1800. The molecule has 6 rings (SSSR count). The third kappa shape index (κ3) is 7.31. The van der Waals surface area contributed by atoms with Crippen LogP contribution in [0.2, 0.25) is 0 Å². The highest BCUT2D eigenvalue weighted by atomic mass is 16.5. The molecule has 1 amide bonds. The largest absolute Gasteiger partial charge is 0.497 e. The van der Waals surface area contributed by atoms with E-state index in [4.69, 9.17) is 14.2 Å². The molecule has 4 aromatic rings. The van der Waals surface area contributed by atoms with Crippen molar-refractivity contribution in [1.82, 2.24) is 15.3 Å². The molecule has 2 fully saturated rings. The molecule has 1 atom stereocenters. The van der Waals surface area contributed by atoms with Gasteiger partial charge in [0.2, 0.25) is 5.91 Å². The Labute approximate surface area is 266 Å². The summed E-state index contributed by atoms with van der Waals surface area (Å²) in [6, 6.07) is 16.5. The smallest absolute Gasteiger partial charge is 0.248 e. The van der Waals surface area contributed by atoms with Crippen LogP contribution in [0.25, 0.3) is 10.9 Å². The Morgan fingerprint density at radius 2 is 1.93 bits per heavy atom. The number of ether oxygens (including phenoxy) is 3. The summed E-state index contributed by atoms with van der Waals surface area (Å²) in [6.45, 7) is 2.75. The molecule has 0 radical (unpaired) electrons. The lowest BCUT2D eigenvalue weighted by Crippen LogP contribution is -2.24. The maximum atomic E-state index is 13.1. The Morgan fingerprint density at radius 1 is 1.11 bits per heavy atom. The van der Waals surface area contributed by atoms with Crippen molar-refractivity contribution in [2.45, 2.75) is 31.8 Å². The average molecular weight is 619 g/mol. The lowest BCUT2D eigenvalue weighted by Gasteiger charge is -2.19. The summed E-state index contributed by atoms with van der Waals surface area (Å²) >= 11 is 0. The van der Waals surface area contributed by atoms with Crippen molar-refractivity contribution < 1.29 is 23.8 Å². The maximum absolute atomic E-state index is 13.1. The molecule has 1 unspecified atom stereocenters. The summed E-state index contributed by atoms with van der Waals surface area (Å²) in [6.07, 6.45) is 7.09. The van der Waals surface area contributed by atoms with Gasteiger partial charge >= 0.3 is 0 Å². The lowest BCUT2D eigenvalue weighted by atomic mass is 10.0. The van der Waals surface area contributed by atoms with Gasteiger partial charge in [-0.15, -0.1) is 0 Å². The number of Topliss-reactive ketones (excluding diaryl/α,β-unsaturated/α-hetero) is 1. The molecule has 2 aromatic heterocycles. The van der Waals surface area contributed by atoms with Gasteiger partial charge in [0.05, 0.1) is 42.8 Å². The number of benzene rings is 2. The molecule has 0 spiro atoms. The van der Waals surface area contributed by atoms with E-state index in [1.54, 1.807) is 37.5 Å². The number of fused-ring (bicyclic) bond motifs is 1. The van der Waals surface area contributed by atoms with Gasteiger partial charge in [0.1, 0.15) is 29.5 Å². The summed E-state index contributed by atoms with van der Waals surface area (Å²) in [4.78, 5) is 35.0. The number of pyridine rings is 2. The highest BCUT2D eigenvalue weighted by molar-refractivity contribution is 6.05. The number of hydrogen-bond acceptors (Lipinski definition) is 10. The van der Waals surface area contributed by atoms with Crippen LogP contribution in [0.15, 0.2) is 72.6 Å². The fourth-order valence-corrected chi connectivity index (χ4v) is 5.46. The summed E-state index contributed by atoms with van der Waals surface area (Å²) in [5.74, 6) is 1.32. The first kappa shape index (κ1) is 30.7. The summed E-state index contributed by atoms with van der Waals surface area (Å²) in [5.41, 5.74) is 4.21. The highest BCUT2D eigenvalue weighted by Gasteiger charge is 2.22. The number of carbonyl (C=O) groups is 2.